The van der Waals surface area contributed by atoms with E-state index in [9.17, 15) is 4.79 Å². The number of hydrogen-bond acceptors (Lipinski definition) is 4. The predicted molar refractivity (Wildman–Crippen MR) is 83.1 cm³/mol. The lowest BCUT2D eigenvalue weighted by atomic mass is 10.2. The summed E-state index contributed by atoms with van der Waals surface area (Å²) in [5.41, 5.74) is 2.03. The Morgan fingerprint density at radius 1 is 1.24 bits per heavy atom. The summed E-state index contributed by atoms with van der Waals surface area (Å²) in [4.78, 5) is 16.9. The molecule has 3 rings (SSSR count). The van der Waals surface area contributed by atoms with Crippen molar-refractivity contribution in [1.82, 2.24) is 14.8 Å². The highest BCUT2D eigenvalue weighted by molar-refractivity contribution is 7.13. The van der Waals surface area contributed by atoms with Crippen molar-refractivity contribution in [3.8, 4) is 5.69 Å². The minimum absolute atomic E-state index is 0.170. The van der Waals surface area contributed by atoms with Crippen molar-refractivity contribution in [3.63, 3.8) is 0 Å². The van der Waals surface area contributed by atoms with Gasteiger partial charge in [0.25, 0.3) is 5.91 Å². The van der Waals surface area contributed by atoms with Crippen LogP contribution in [0.5, 0.6) is 0 Å². The van der Waals surface area contributed by atoms with Crippen molar-refractivity contribution in [1.29, 1.82) is 0 Å². The summed E-state index contributed by atoms with van der Waals surface area (Å²) in [5.74, 6) is 0.469. The number of carbonyl (C=O) groups is 1. The van der Waals surface area contributed by atoms with E-state index in [0.29, 0.717) is 10.7 Å². The number of aryl methyl sites for hydroxylation is 2. The summed E-state index contributed by atoms with van der Waals surface area (Å²) in [6.07, 6.45) is 3.25. The molecule has 0 unspecified atom stereocenters. The molecule has 0 atom stereocenters. The number of nitrogens with one attached hydrogen (secondary N) is 1. The highest BCUT2D eigenvalue weighted by Gasteiger charge is 2.13. The van der Waals surface area contributed by atoms with Crippen LogP contribution in [0.15, 0.2) is 42.7 Å². The molecule has 0 aliphatic heterocycles. The molecule has 2 heterocycles. The minimum Gasteiger partial charge on any atom is -0.306 e. The normalized spacial score (nSPS) is 10.6. The Bertz CT molecular complexity index is 790. The number of thiazole rings is 1. The first kappa shape index (κ1) is 13.5. The largest absolute Gasteiger partial charge is 0.306 e. The number of rotatable bonds is 3. The number of benzene rings is 1. The second-order valence-corrected chi connectivity index (χ2v) is 5.85. The number of amides is 1. The van der Waals surface area contributed by atoms with Crippen LogP contribution in [0.1, 0.15) is 20.2 Å². The third-order valence-electron chi connectivity index (χ3n) is 3.07. The van der Waals surface area contributed by atoms with Crippen LogP contribution in [0.2, 0.25) is 0 Å². The molecule has 1 aromatic carbocycles. The van der Waals surface area contributed by atoms with Crippen LogP contribution >= 0.6 is 11.3 Å². The molecule has 1 N–H and O–H groups in total. The maximum atomic E-state index is 12.2. The fourth-order valence-corrected chi connectivity index (χ4v) is 2.71. The molecule has 0 radical (unpaired) electrons. The molecule has 0 saturated heterocycles. The molecular formula is C15H14N4OS. The zero-order valence-corrected chi connectivity index (χ0v) is 12.5. The van der Waals surface area contributed by atoms with Gasteiger partial charge in [-0.15, -0.1) is 11.3 Å². The lowest BCUT2D eigenvalue weighted by Crippen LogP contribution is -2.14. The van der Waals surface area contributed by atoms with E-state index in [-0.39, 0.29) is 5.91 Å². The third-order valence-corrected chi connectivity index (χ3v) is 3.98. The van der Waals surface area contributed by atoms with E-state index < -0.39 is 0 Å². The molecule has 0 fully saturated rings. The van der Waals surface area contributed by atoms with E-state index in [1.807, 2.05) is 38.1 Å². The van der Waals surface area contributed by atoms with Gasteiger partial charge in [0.05, 0.1) is 23.1 Å². The van der Waals surface area contributed by atoms with Gasteiger partial charge >= 0.3 is 0 Å². The molecule has 2 aromatic heterocycles. The number of nitrogens with zero attached hydrogens (tertiary/aromatic N) is 3. The first-order valence-corrected chi connectivity index (χ1v) is 7.30. The Morgan fingerprint density at radius 2 is 2.05 bits per heavy atom. The number of anilines is 1. The van der Waals surface area contributed by atoms with Gasteiger partial charge in [-0.1, -0.05) is 18.2 Å². The fraction of sp³-hybridized carbons (Fsp3) is 0.133. The quantitative estimate of drug-likeness (QED) is 0.807. The maximum Gasteiger partial charge on any atom is 0.268 e. The Kier molecular flexibility index (Phi) is 3.53. The van der Waals surface area contributed by atoms with E-state index in [1.165, 1.54) is 11.3 Å². The Hall–Kier alpha value is -2.47. The second-order valence-electron chi connectivity index (χ2n) is 4.61. The molecule has 0 aliphatic carbocycles. The average Bonchev–Trinajstić information content (AvgIpc) is 3.08. The molecule has 5 nitrogen and oxygen atoms in total. The van der Waals surface area contributed by atoms with Crippen LogP contribution in [0.4, 0.5) is 5.82 Å². The third kappa shape index (κ3) is 2.71. The van der Waals surface area contributed by atoms with Crippen LogP contribution in [-0.4, -0.2) is 20.7 Å². The van der Waals surface area contributed by atoms with E-state index in [4.69, 9.17) is 0 Å². The zero-order valence-electron chi connectivity index (χ0n) is 11.7. The number of carbonyl (C=O) groups excluding carboxylic acids is 1. The van der Waals surface area contributed by atoms with E-state index in [1.54, 1.807) is 23.1 Å². The molecule has 0 aliphatic rings. The van der Waals surface area contributed by atoms with Crippen LogP contribution in [0.25, 0.3) is 5.69 Å². The van der Waals surface area contributed by atoms with Crippen molar-refractivity contribution in [2.45, 2.75) is 13.8 Å². The van der Waals surface area contributed by atoms with Crippen molar-refractivity contribution in [2.24, 2.45) is 0 Å². The van der Waals surface area contributed by atoms with Crippen LogP contribution in [0.3, 0.4) is 0 Å². The van der Waals surface area contributed by atoms with Gasteiger partial charge in [-0.3, -0.25) is 4.79 Å². The molecular weight excluding hydrogens is 284 g/mol. The smallest absolute Gasteiger partial charge is 0.268 e. The molecule has 0 saturated carbocycles. The van der Waals surface area contributed by atoms with Gasteiger partial charge in [0.2, 0.25) is 0 Å². The first-order chi connectivity index (χ1) is 10.1. The second kappa shape index (κ2) is 5.49. The van der Waals surface area contributed by atoms with Crippen LogP contribution in [-0.2, 0) is 0 Å². The number of para-hydroxylation sites is 1. The summed E-state index contributed by atoms with van der Waals surface area (Å²) in [6.45, 7) is 3.88. The standard InChI is InChI=1S/C15H14N4OS/c1-10-5-3-4-6-12(10)19-14(7-8-17-19)18-15(20)13-9-16-11(2)21-13/h3-9H,1-2H3,(H,18,20). The fourth-order valence-electron chi connectivity index (χ4n) is 2.04. The average molecular weight is 298 g/mol. The molecule has 6 heteroatoms. The highest BCUT2D eigenvalue weighted by atomic mass is 32.1. The van der Waals surface area contributed by atoms with E-state index in [0.717, 1.165) is 16.3 Å². The van der Waals surface area contributed by atoms with Crippen molar-refractivity contribution in [3.05, 3.63) is 58.2 Å². The Balaban J connectivity index is 1.90. The molecule has 3 aromatic rings. The Morgan fingerprint density at radius 3 is 2.76 bits per heavy atom. The summed E-state index contributed by atoms with van der Waals surface area (Å²) in [7, 11) is 0. The van der Waals surface area contributed by atoms with Crippen LogP contribution in [0, 0.1) is 13.8 Å². The van der Waals surface area contributed by atoms with Crippen molar-refractivity contribution < 1.29 is 4.79 Å². The topological polar surface area (TPSA) is 59.8 Å². The van der Waals surface area contributed by atoms with Gasteiger partial charge in [0.15, 0.2) is 0 Å². The highest BCUT2D eigenvalue weighted by Crippen LogP contribution is 2.20. The first-order valence-electron chi connectivity index (χ1n) is 6.49. The molecule has 0 spiro atoms. The lowest BCUT2D eigenvalue weighted by Gasteiger charge is -2.10. The van der Waals surface area contributed by atoms with Gasteiger partial charge in [-0.05, 0) is 25.5 Å². The predicted octanol–water partition coefficient (Wildman–Crippen LogP) is 3.20. The summed E-state index contributed by atoms with van der Waals surface area (Å²) >= 11 is 1.37. The summed E-state index contributed by atoms with van der Waals surface area (Å²) in [6, 6.07) is 9.67. The molecule has 106 valence electrons. The zero-order chi connectivity index (χ0) is 14.8. The van der Waals surface area contributed by atoms with Gasteiger partial charge in [0, 0.05) is 6.07 Å². The summed E-state index contributed by atoms with van der Waals surface area (Å²) < 4.78 is 1.72. The number of aromatic nitrogens is 3. The summed E-state index contributed by atoms with van der Waals surface area (Å²) in [5, 5.41) is 8.03. The Labute approximate surface area is 126 Å². The van der Waals surface area contributed by atoms with Gasteiger partial charge < -0.3 is 5.32 Å². The minimum atomic E-state index is -0.170. The monoisotopic (exact) mass is 298 g/mol. The lowest BCUT2D eigenvalue weighted by molar-refractivity contribution is 0.102. The maximum absolute atomic E-state index is 12.2. The van der Waals surface area contributed by atoms with Gasteiger partial charge in [-0.2, -0.15) is 5.10 Å². The molecule has 0 bridgehead atoms. The van der Waals surface area contributed by atoms with Gasteiger partial charge in [-0.25, -0.2) is 9.67 Å². The van der Waals surface area contributed by atoms with Crippen LogP contribution < -0.4 is 5.32 Å². The van der Waals surface area contributed by atoms with Gasteiger partial charge in [0.1, 0.15) is 10.7 Å². The molecule has 21 heavy (non-hydrogen) atoms. The van der Waals surface area contributed by atoms with Crippen molar-refractivity contribution >= 4 is 23.1 Å². The van der Waals surface area contributed by atoms with E-state index in [2.05, 4.69) is 15.4 Å². The van der Waals surface area contributed by atoms with E-state index >= 15 is 0 Å². The van der Waals surface area contributed by atoms with Crippen molar-refractivity contribution in [2.75, 3.05) is 5.32 Å². The number of hydrogen-bond donors (Lipinski definition) is 1. The molecule has 1 amide bonds. The SMILES string of the molecule is Cc1ncc(C(=O)Nc2ccnn2-c2ccccc2C)s1.